The highest BCUT2D eigenvalue weighted by Crippen LogP contribution is 2.53. The van der Waals surface area contributed by atoms with Gasteiger partial charge in [0.25, 0.3) is 0 Å². The topological polar surface area (TPSA) is 29.5 Å². The summed E-state index contributed by atoms with van der Waals surface area (Å²) >= 11 is 0. The molecule has 1 fully saturated rings. The molecule has 0 amide bonds. The standard InChI is InChI=1S/C19H20O2/c20-19(14-8-2-1-3-9-14)15-10-4-6-12-17(15)21-18-13-7-5-11-16(18)19/h4-7,10-14,20H,1-3,8-9H2. The molecule has 2 aliphatic rings. The SMILES string of the molecule is OC1(C2CCCCC2)c2ccccc2Oc2ccccc21. The van der Waals surface area contributed by atoms with Crippen LogP contribution < -0.4 is 4.74 Å². The molecule has 108 valence electrons. The highest BCUT2D eigenvalue weighted by Gasteiger charge is 2.46. The number of benzene rings is 2. The molecular weight excluding hydrogens is 260 g/mol. The lowest BCUT2D eigenvalue weighted by Gasteiger charge is -2.43. The van der Waals surface area contributed by atoms with Crippen LogP contribution in [0.25, 0.3) is 0 Å². The minimum absolute atomic E-state index is 0.275. The van der Waals surface area contributed by atoms with Gasteiger partial charge in [0.05, 0.1) is 0 Å². The fourth-order valence-electron chi connectivity index (χ4n) is 3.96. The second-order valence-electron chi connectivity index (χ2n) is 6.20. The van der Waals surface area contributed by atoms with E-state index in [9.17, 15) is 5.11 Å². The van der Waals surface area contributed by atoms with E-state index < -0.39 is 5.60 Å². The highest BCUT2D eigenvalue weighted by atomic mass is 16.5. The molecular formula is C19H20O2. The summed E-state index contributed by atoms with van der Waals surface area (Å²) in [5.74, 6) is 1.87. The summed E-state index contributed by atoms with van der Waals surface area (Å²) in [5, 5.41) is 11.7. The lowest BCUT2D eigenvalue weighted by Crippen LogP contribution is -2.39. The predicted molar refractivity (Wildman–Crippen MR) is 82.5 cm³/mol. The first-order valence-electron chi connectivity index (χ1n) is 7.89. The van der Waals surface area contributed by atoms with Gasteiger partial charge in [0.1, 0.15) is 17.1 Å². The van der Waals surface area contributed by atoms with Crippen LogP contribution in [0.15, 0.2) is 48.5 Å². The molecule has 0 aromatic heterocycles. The van der Waals surface area contributed by atoms with Gasteiger partial charge in [-0.15, -0.1) is 0 Å². The van der Waals surface area contributed by atoms with Gasteiger partial charge in [-0.2, -0.15) is 0 Å². The molecule has 0 spiro atoms. The molecule has 1 aliphatic carbocycles. The number of aliphatic hydroxyl groups is 1. The lowest BCUT2D eigenvalue weighted by molar-refractivity contribution is -0.00831. The van der Waals surface area contributed by atoms with Gasteiger partial charge in [-0.05, 0) is 30.9 Å². The summed E-state index contributed by atoms with van der Waals surface area (Å²) in [6.45, 7) is 0. The molecule has 21 heavy (non-hydrogen) atoms. The quantitative estimate of drug-likeness (QED) is 0.826. The number of ether oxygens (including phenoxy) is 1. The van der Waals surface area contributed by atoms with E-state index in [2.05, 4.69) is 0 Å². The van der Waals surface area contributed by atoms with E-state index >= 15 is 0 Å². The van der Waals surface area contributed by atoms with Crippen molar-refractivity contribution in [2.24, 2.45) is 5.92 Å². The third kappa shape index (κ3) is 1.90. The van der Waals surface area contributed by atoms with Gasteiger partial charge in [-0.3, -0.25) is 0 Å². The van der Waals surface area contributed by atoms with Gasteiger partial charge in [-0.1, -0.05) is 55.7 Å². The first-order valence-corrected chi connectivity index (χ1v) is 7.89. The van der Waals surface area contributed by atoms with E-state index in [0.717, 1.165) is 35.5 Å². The van der Waals surface area contributed by atoms with Gasteiger partial charge >= 0.3 is 0 Å². The minimum atomic E-state index is -0.911. The predicted octanol–water partition coefficient (Wildman–Crippen LogP) is 4.61. The van der Waals surface area contributed by atoms with Crippen LogP contribution in [0.2, 0.25) is 0 Å². The second-order valence-corrected chi connectivity index (χ2v) is 6.20. The summed E-state index contributed by atoms with van der Waals surface area (Å²) in [6.07, 6.45) is 5.86. The van der Waals surface area contributed by atoms with E-state index in [4.69, 9.17) is 4.74 Å². The van der Waals surface area contributed by atoms with Gasteiger partial charge in [0.2, 0.25) is 0 Å². The maximum Gasteiger partial charge on any atom is 0.133 e. The van der Waals surface area contributed by atoms with Crippen LogP contribution in [-0.4, -0.2) is 5.11 Å². The Kier molecular flexibility index (Phi) is 3.00. The molecule has 0 atom stereocenters. The zero-order chi connectivity index (χ0) is 14.3. The van der Waals surface area contributed by atoms with Gasteiger partial charge in [-0.25, -0.2) is 0 Å². The van der Waals surface area contributed by atoms with Gasteiger partial charge < -0.3 is 9.84 Å². The van der Waals surface area contributed by atoms with Crippen LogP contribution in [-0.2, 0) is 5.60 Å². The number of hydrogen-bond acceptors (Lipinski definition) is 2. The molecule has 2 aromatic carbocycles. The van der Waals surface area contributed by atoms with E-state index in [-0.39, 0.29) is 5.92 Å². The van der Waals surface area contributed by atoms with Crippen LogP contribution in [0, 0.1) is 5.92 Å². The van der Waals surface area contributed by atoms with E-state index in [1.807, 2.05) is 48.5 Å². The maximum atomic E-state index is 11.7. The molecule has 0 unspecified atom stereocenters. The van der Waals surface area contributed by atoms with Crippen LogP contribution in [0.5, 0.6) is 11.5 Å². The van der Waals surface area contributed by atoms with E-state index in [0.29, 0.717) is 0 Å². The van der Waals surface area contributed by atoms with Crippen LogP contribution in [0.1, 0.15) is 43.2 Å². The number of fused-ring (bicyclic) bond motifs is 2. The molecule has 2 heteroatoms. The average Bonchev–Trinajstić information content (AvgIpc) is 2.56. The van der Waals surface area contributed by atoms with Crippen molar-refractivity contribution < 1.29 is 9.84 Å². The Labute approximate surface area is 125 Å². The Morgan fingerprint density at radius 1 is 0.810 bits per heavy atom. The summed E-state index contributed by atoms with van der Waals surface area (Å²) in [4.78, 5) is 0. The monoisotopic (exact) mass is 280 g/mol. The summed E-state index contributed by atoms with van der Waals surface area (Å²) in [5.41, 5.74) is 0.942. The van der Waals surface area contributed by atoms with Crippen molar-refractivity contribution in [3.63, 3.8) is 0 Å². The third-order valence-electron chi connectivity index (χ3n) is 5.01. The third-order valence-corrected chi connectivity index (χ3v) is 5.01. The molecule has 2 nitrogen and oxygen atoms in total. The fourth-order valence-corrected chi connectivity index (χ4v) is 3.96. The van der Waals surface area contributed by atoms with Crippen LogP contribution in [0.3, 0.4) is 0 Å². The van der Waals surface area contributed by atoms with Gasteiger partial charge in [0, 0.05) is 11.1 Å². The Bertz CT molecular complexity index is 611. The average molecular weight is 280 g/mol. The Morgan fingerprint density at radius 3 is 1.90 bits per heavy atom. The molecule has 1 N–H and O–H groups in total. The molecule has 1 heterocycles. The van der Waals surface area contributed by atoms with Crippen molar-refractivity contribution in [3.05, 3.63) is 59.7 Å². The maximum absolute atomic E-state index is 11.7. The lowest BCUT2D eigenvalue weighted by atomic mass is 9.69. The van der Waals surface area contributed by atoms with Crippen LogP contribution in [0.4, 0.5) is 0 Å². The summed E-state index contributed by atoms with van der Waals surface area (Å²) < 4.78 is 6.00. The molecule has 1 aliphatic heterocycles. The normalized spacial score (nSPS) is 20.2. The molecule has 0 radical (unpaired) electrons. The smallest absolute Gasteiger partial charge is 0.133 e. The first-order chi connectivity index (χ1) is 10.3. The molecule has 2 aromatic rings. The largest absolute Gasteiger partial charge is 0.457 e. The Hall–Kier alpha value is -1.80. The fraction of sp³-hybridized carbons (Fsp3) is 0.368. The molecule has 4 rings (SSSR count). The van der Waals surface area contributed by atoms with Crippen molar-refractivity contribution >= 4 is 0 Å². The van der Waals surface area contributed by atoms with Crippen molar-refractivity contribution in [2.45, 2.75) is 37.7 Å². The number of para-hydroxylation sites is 2. The van der Waals surface area contributed by atoms with Crippen molar-refractivity contribution in [3.8, 4) is 11.5 Å². The minimum Gasteiger partial charge on any atom is -0.457 e. The zero-order valence-corrected chi connectivity index (χ0v) is 12.1. The molecule has 0 saturated heterocycles. The number of rotatable bonds is 1. The number of hydrogen-bond donors (Lipinski definition) is 1. The second kappa shape index (κ2) is 4.88. The Balaban J connectivity index is 1.92. The summed E-state index contributed by atoms with van der Waals surface area (Å²) in [7, 11) is 0. The van der Waals surface area contributed by atoms with E-state index in [1.165, 1.54) is 19.3 Å². The summed E-state index contributed by atoms with van der Waals surface area (Å²) in [6, 6.07) is 15.9. The van der Waals surface area contributed by atoms with Gasteiger partial charge in [0.15, 0.2) is 0 Å². The first kappa shape index (κ1) is 12.9. The van der Waals surface area contributed by atoms with E-state index in [1.54, 1.807) is 0 Å². The zero-order valence-electron chi connectivity index (χ0n) is 12.1. The van der Waals surface area contributed by atoms with Crippen molar-refractivity contribution in [2.75, 3.05) is 0 Å². The van der Waals surface area contributed by atoms with Crippen molar-refractivity contribution in [1.82, 2.24) is 0 Å². The highest BCUT2D eigenvalue weighted by molar-refractivity contribution is 5.56. The molecule has 1 saturated carbocycles. The molecule has 0 bridgehead atoms. The Morgan fingerprint density at radius 2 is 1.33 bits per heavy atom. The van der Waals surface area contributed by atoms with Crippen molar-refractivity contribution in [1.29, 1.82) is 0 Å². The van der Waals surface area contributed by atoms with Crippen LogP contribution >= 0.6 is 0 Å².